The Balaban J connectivity index is 2.75. The quantitative estimate of drug-likeness (QED) is 0.468. The molecule has 0 spiro atoms. The van der Waals surface area contributed by atoms with Gasteiger partial charge in [0.25, 0.3) is 0 Å². The van der Waals surface area contributed by atoms with E-state index in [-0.39, 0.29) is 12.2 Å². The van der Waals surface area contributed by atoms with Crippen LogP contribution in [-0.4, -0.2) is 52.0 Å². The van der Waals surface area contributed by atoms with Gasteiger partial charge < -0.3 is 20.1 Å². The van der Waals surface area contributed by atoms with Gasteiger partial charge >= 0.3 is 5.97 Å². The molecule has 0 unspecified atom stereocenters. The van der Waals surface area contributed by atoms with E-state index in [2.05, 4.69) is 4.74 Å². The molecule has 3 atom stereocenters. The molecule has 84 valence electrons. The van der Waals surface area contributed by atoms with Crippen molar-refractivity contribution in [3.8, 4) is 0 Å². The first-order valence-corrected chi connectivity index (χ1v) is 4.36. The van der Waals surface area contributed by atoms with Crippen LogP contribution in [0.25, 0.3) is 0 Å². The number of hydrogen-bond acceptors (Lipinski definition) is 6. The molecule has 3 N–H and O–H groups in total. The second-order valence-electron chi connectivity index (χ2n) is 3.26. The molecule has 0 amide bonds. The van der Waals surface area contributed by atoms with Crippen LogP contribution in [0.15, 0.2) is 11.6 Å². The first-order chi connectivity index (χ1) is 6.93. The Hall–Kier alpha value is -1.24. The molecule has 1 rings (SSSR count). The normalized spacial score (nSPS) is 31.1. The SMILES string of the molecule is CC(=O)OCC1=C[C@@H](O)[C@H](O)[C@@H](O)C1=O. The Morgan fingerprint density at radius 3 is 2.60 bits per heavy atom. The van der Waals surface area contributed by atoms with Gasteiger partial charge in [-0.15, -0.1) is 0 Å². The average molecular weight is 216 g/mol. The molecule has 0 fully saturated rings. The predicted octanol–water partition coefficient (Wildman–Crippen LogP) is -1.86. The summed E-state index contributed by atoms with van der Waals surface area (Å²) in [4.78, 5) is 21.8. The highest BCUT2D eigenvalue weighted by molar-refractivity contribution is 6.00. The smallest absolute Gasteiger partial charge is 0.302 e. The van der Waals surface area contributed by atoms with E-state index in [0.29, 0.717) is 0 Å². The van der Waals surface area contributed by atoms with E-state index in [0.717, 1.165) is 6.08 Å². The fraction of sp³-hybridized carbons (Fsp3) is 0.556. The molecule has 0 aromatic rings. The predicted molar refractivity (Wildman–Crippen MR) is 47.7 cm³/mol. The van der Waals surface area contributed by atoms with Gasteiger partial charge in [-0.1, -0.05) is 0 Å². The van der Waals surface area contributed by atoms with E-state index < -0.39 is 30.1 Å². The Kier molecular flexibility index (Phi) is 3.57. The number of Topliss-reactive ketones (excluding diaryl/α,β-unsaturated/α-hetero) is 1. The van der Waals surface area contributed by atoms with Gasteiger partial charge in [0.05, 0.1) is 0 Å². The van der Waals surface area contributed by atoms with Crippen LogP contribution in [-0.2, 0) is 14.3 Å². The summed E-state index contributed by atoms with van der Waals surface area (Å²) in [6.07, 6.45) is -3.46. The van der Waals surface area contributed by atoms with Crippen LogP contribution in [0.5, 0.6) is 0 Å². The summed E-state index contributed by atoms with van der Waals surface area (Å²) in [5.74, 6) is -1.31. The van der Waals surface area contributed by atoms with Crippen molar-refractivity contribution in [1.82, 2.24) is 0 Å². The van der Waals surface area contributed by atoms with Crippen LogP contribution in [0.3, 0.4) is 0 Å². The maximum Gasteiger partial charge on any atom is 0.302 e. The van der Waals surface area contributed by atoms with Crippen molar-refractivity contribution in [2.75, 3.05) is 6.61 Å². The molecule has 0 aromatic carbocycles. The lowest BCUT2D eigenvalue weighted by molar-refractivity contribution is -0.142. The second-order valence-corrected chi connectivity index (χ2v) is 3.26. The van der Waals surface area contributed by atoms with E-state index in [4.69, 9.17) is 5.11 Å². The van der Waals surface area contributed by atoms with Gasteiger partial charge in [0.1, 0.15) is 24.9 Å². The number of ether oxygens (including phenoxy) is 1. The van der Waals surface area contributed by atoms with Crippen LogP contribution >= 0.6 is 0 Å². The first kappa shape index (κ1) is 11.8. The molecule has 6 nitrogen and oxygen atoms in total. The van der Waals surface area contributed by atoms with Crippen molar-refractivity contribution in [3.63, 3.8) is 0 Å². The average Bonchev–Trinajstić information content (AvgIpc) is 2.18. The molecule has 0 radical (unpaired) electrons. The standard InChI is InChI=1S/C9H12O6/c1-4(10)15-3-5-2-6(11)8(13)9(14)7(5)12/h2,6,8-9,11,13-14H,3H2,1H3/t6-,8+,9+/m1/s1. The van der Waals surface area contributed by atoms with Crippen LogP contribution in [0, 0.1) is 0 Å². The Bertz CT molecular complexity index is 308. The van der Waals surface area contributed by atoms with Crippen molar-refractivity contribution in [3.05, 3.63) is 11.6 Å². The molecular weight excluding hydrogens is 204 g/mol. The fourth-order valence-corrected chi connectivity index (χ4v) is 1.22. The van der Waals surface area contributed by atoms with Crippen molar-refractivity contribution in [2.45, 2.75) is 25.2 Å². The third kappa shape index (κ3) is 2.62. The second kappa shape index (κ2) is 4.52. The maximum atomic E-state index is 11.3. The lowest BCUT2D eigenvalue weighted by Gasteiger charge is -2.26. The summed E-state index contributed by atoms with van der Waals surface area (Å²) in [6.45, 7) is 0.866. The summed E-state index contributed by atoms with van der Waals surface area (Å²) in [6, 6.07) is 0. The molecule has 0 aromatic heterocycles. The van der Waals surface area contributed by atoms with E-state index >= 15 is 0 Å². The lowest BCUT2D eigenvalue weighted by atomic mass is 9.91. The topological polar surface area (TPSA) is 104 Å². The Labute approximate surface area is 85.8 Å². The number of rotatable bonds is 2. The number of aliphatic hydroxyl groups excluding tert-OH is 3. The molecule has 0 bridgehead atoms. The van der Waals surface area contributed by atoms with E-state index in [1.165, 1.54) is 6.92 Å². The zero-order valence-corrected chi connectivity index (χ0v) is 8.08. The molecule has 0 aliphatic heterocycles. The third-order valence-electron chi connectivity index (χ3n) is 2.06. The molecule has 0 heterocycles. The maximum absolute atomic E-state index is 11.3. The summed E-state index contributed by atoms with van der Waals surface area (Å²) < 4.78 is 4.55. The first-order valence-electron chi connectivity index (χ1n) is 4.36. The number of hydrogen-bond donors (Lipinski definition) is 3. The Morgan fingerprint density at radius 1 is 1.47 bits per heavy atom. The lowest BCUT2D eigenvalue weighted by Crippen LogP contribution is -2.46. The van der Waals surface area contributed by atoms with Crippen molar-refractivity contribution in [1.29, 1.82) is 0 Å². The zero-order valence-electron chi connectivity index (χ0n) is 8.08. The van der Waals surface area contributed by atoms with Gasteiger partial charge in [-0.25, -0.2) is 0 Å². The summed E-state index contributed by atoms with van der Waals surface area (Å²) in [7, 11) is 0. The molecule has 1 aliphatic carbocycles. The number of ketones is 1. The van der Waals surface area contributed by atoms with Gasteiger partial charge in [-0.05, 0) is 6.08 Å². The Morgan fingerprint density at radius 2 is 2.07 bits per heavy atom. The number of carbonyl (C=O) groups is 2. The highest BCUT2D eigenvalue weighted by Gasteiger charge is 2.36. The van der Waals surface area contributed by atoms with Gasteiger partial charge in [-0.3, -0.25) is 9.59 Å². The fourth-order valence-electron chi connectivity index (χ4n) is 1.22. The molecule has 0 saturated heterocycles. The van der Waals surface area contributed by atoms with Crippen molar-refractivity contribution < 1.29 is 29.6 Å². The van der Waals surface area contributed by atoms with Crippen LogP contribution < -0.4 is 0 Å². The molecule has 15 heavy (non-hydrogen) atoms. The molecule has 1 aliphatic rings. The molecule has 0 saturated carbocycles. The number of esters is 1. The highest BCUT2D eigenvalue weighted by atomic mass is 16.5. The summed E-state index contributed by atoms with van der Waals surface area (Å²) >= 11 is 0. The van der Waals surface area contributed by atoms with Gasteiger partial charge in [-0.2, -0.15) is 0 Å². The van der Waals surface area contributed by atoms with Gasteiger partial charge in [0, 0.05) is 12.5 Å². The van der Waals surface area contributed by atoms with Crippen LogP contribution in [0.4, 0.5) is 0 Å². The minimum Gasteiger partial charge on any atom is -0.461 e. The van der Waals surface area contributed by atoms with Crippen LogP contribution in [0.2, 0.25) is 0 Å². The van der Waals surface area contributed by atoms with Gasteiger partial charge in [0.15, 0.2) is 5.78 Å². The van der Waals surface area contributed by atoms with Crippen molar-refractivity contribution in [2.24, 2.45) is 0 Å². The van der Waals surface area contributed by atoms with Gasteiger partial charge in [0.2, 0.25) is 0 Å². The monoisotopic (exact) mass is 216 g/mol. The van der Waals surface area contributed by atoms with E-state index in [1.54, 1.807) is 0 Å². The number of carbonyl (C=O) groups excluding carboxylic acids is 2. The molecule has 6 heteroatoms. The van der Waals surface area contributed by atoms with E-state index in [9.17, 15) is 19.8 Å². The van der Waals surface area contributed by atoms with Crippen molar-refractivity contribution >= 4 is 11.8 Å². The summed E-state index contributed by atoms with van der Waals surface area (Å²) in [5.41, 5.74) is -0.0181. The van der Waals surface area contributed by atoms with E-state index in [1.807, 2.05) is 0 Å². The van der Waals surface area contributed by atoms with Crippen LogP contribution in [0.1, 0.15) is 6.92 Å². The number of aliphatic hydroxyl groups is 3. The highest BCUT2D eigenvalue weighted by Crippen LogP contribution is 2.16. The minimum atomic E-state index is -1.67. The third-order valence-corrected chi connectivity index (χ3v) is 2.06. The summed E-state index contributed by atoms with van der Waals surface area (Å²) in [5, 5.41) is 27.6. The minimum absolute atomic E-state index is 0.0181. The largest absolute Gasteiger partial charge is 0.461 e. The molecular formula is C9H12O6. The zero-order chi connectivity index (χ0) is 11.6.